The van der Waals surface area contributed by atoms with E-state index in [1.54, 1.807) is 0 Å². The lowest BCUT2D eigenvalue weighted by atomic mass is 10.1. The van der Waals surface area contributed by atoms with Crippen molar-refractivity contribution in [3.8, 4) is 0 Å². The van der Waals surface area contributed by atoms with Crippen LogP contribution in [0.1, 0.15) is 104 Å². The van der Waals surface area contributed by atoms with Gasteiger partial charge in [-0.25, -0.2) is 0 Å². The van der Waals surface area contributed by atoms with Crippen LogP contribution in [0, 0.1) is 0 Å². The number of unbranched alkanes of at least 4 members (excludes halogenated alkanes) is 11. The average molecular weight is 418 g/mol. The predicted octanol–water partition coefficient (Wildman–Crippen LogP) is 5.76. The molecule has 1 N–H and O–H groups in total. The van der Waals surface area contributed by atoms with Gasteiger partial charge in [-0.2, -0.15) is 8.42 Å². The van der Waals surface area contributed by atoms with Crippen LogP contribution in [0.3, 0.4) is 0 Å². The van der Waals surface area contributed by atoms with Crippen molar-refractivity contribution in [1.82, 2.24) is 4.90 Å². The summed E-state index contributed by atoms with van der Waals surface area (Å²) >= 11 is 0. The number of nitrogens with zero attached hydrogens (tertiary/aromatic N) is 1. The van der Waals surface area contributed by atoms with Gasteiger partial charge in [0.25, 0.3) is 10.1 Å². The lowest BCUT2D eigenvalue weighted by Gasteiger charge is -2.20. The van der Waals surface area contributed by atoms with E-state index in [-0.39, 0.29) is 18.2 Å². The van der Waals surface area contributed by atoms with E-state index in [4.69, 9.17) is 4.55 Å². The van der Waals surface area contributed by atoms with Crippen molar-refractivity contribution in [2.45, 2.75) is 104 Å². The van der Waals surface area contributed by atoms with E-state index in [1.807, 2.05) is 6.92 Å². The maximum Gasteiger partial charge on any atom is 0.266 e. The van der Waals surface area contributed by atoms with Crippen LogP contribution < -0.4 is 0 Å². The predicted molar refractivity (Wildman–Crippen MR) is 118 cm³/mol. The van der Waals surface area contributed by atoms with Crippen LogP contribution in [-0.4, -0.2) is 42.6 Å². The first-order valence-electron chi connectivity index (χ1n) is 11.3. The van der Waals surface area contributed by atoms with Crippen LogP contribution in [0.5, 0.6) is 0 Å². The van der Waals surface area contributed by atoms with Gasteiger partial charge < -0.3 is 4.90 Å². The first-order valence-corrected chi connectivity index (χ1v) is 12.9. The fraction of sp³-hybridized carbons (Fsp3) is 0.864. The molecule has 166 valence electrons. The number of hydrogen-bond acceptors (Lipinski definition) is 3. The summed E-state index contributed by atoms with van der Waals surface area (Å²) in [5, 5.41) is 0. The third-order valence-electron chi connectivity index (χ3n) is 5.01. The van der Waals surface area contributed by atoms with Crippen molar-refractivity contribution in [3.05, 3.63) is 12.2 Å². The minimum absolute atomic E-state index is 0.0243. The van der Waals surface area contributed by atoms with Crippen molar-refractivity contribution >= 4 is 16.0 Å². The lowest BCUT2D eigenvalue weighted by molar-refractivity contribution is -0.130. The molecule has 0 spiro atoms. The standard InChI is InChI=1S/C22H43NO4S/c1-3-5-6-7-8-9-10-11-12-13-14-15-16-17-18-19-22(24)23(4-2)20-21-28(25,26)27/h11-12H,3-10,13-21H2,1-2H3,(H,25,26,27)/b12-11-. The normalized spacial score (nSPS) is 12.0. The summed E-state index contributed by atoms with van der Waals surface area (Å²) in [5.41, 5.74) is 0. The molecule has 0 bridgehead atoms. The Balaban J connectivity index is 3.53. The number of amides is 1. The summed E-state index contributed by atoms with van der Waals surface area (Å²) in [5.74, 6) is -0.414. The van der Waals surface area contributed by atoms with Gasteiger partial charge in [0.1, 0.15) is 0 Å². The molecule has 0 aromatic carbocycles. The van der Waals surface area contributed by atoms with Crippen LogP contribution in [0.4, 0.5) is 0 Å². The van der Waals surface area contributed by atoms with E-state index in [0.29, 0.717) is 13.0 Å². The van der Waals surface area contributed by atoms with E-state index in [2.05, 4.69) is 19.1 Å². The van der Waals surface area contributed by atoms with Crippen molar-refractivity contribution < 1.29 is 17.8 Å². The molecule has 0 aromatic heterocycles. The van der Waals surface area contributed by atoms with E-state index < -0.39 is 10.1 Å². The summed E-state index contributed by atoms with van der Waals surface area (Å²) < 4.78 is 30.4. The first kappa shape index (κ1) is 27.1. The maximum absolute atomic E-state index is 12.1. The third-order valence-corrected chi connectivity index (χ3v) is 5.70. The summed E-state index contributed by atoms with van der Waals surface area (Å²) in [6.07, 6.45) is 21.0. The molecular weight excluding hydrogens is 374 g/mol. The van der Waals surface area contributed by atoms with Crippen LogP contribution in [-0.2, 0) is 14.9 Å². The molecule has 0 aliphatic heterocycles. The number of carbonyl (C=O) groups excluding carboxylic acids is 1. The van der Waals surface area contributed by atoms with Crippen molar-refractivity contribution in [2.75, 3.05) is 18.8 Å². The van der Waals surface area contributed by atoms with E-state index in [1.165, 1.54) is 62.7 Å². The molecular formula is C22H43NO4S. The summed E-state index contributed by atoms with van der Waals surface area (Å²) in [6.45, 7) is 4.61. The largest absolute Gasteiger partial charge is 0.342 e. The molecule has 0 aliphatic rings. The Bertz CT molecular complexity index is 503. The highest BCUT2D eigenvalue weighted by Crippen LogP contribution is 2.10. The van der Waals surface area contributed by atoms with Gasteiger partial charge in [-0.3, -0.25) is 9.35 Å². The Morgan fingerprint density at radius 1 is 0.821 bits per heavy atom. The molecule has 0 aromatic rings. The average Bonchev–Trinajstić information content (AvgIpc) is 2.64. The van der Waals surface area contributed by atoms with Gasteiger partial charge in [-0.05, 0) is 39.0 Å². The molecule has 0 atom stereocenters. The number of carbonyl (C=O) groups is 1. The van der Waals surface area contributed by atoms with Crippen molar-refractivity contribution in [3.63, 3.8) is 0 Å². The lowest BCUT2D eigenvalue weighted by Crippen LogP contribution is -2.34. The third kappa shape index (κ3) is 18.5. The van der Waals surface area contributed by atoms with Gasteiger partial charge >= 0.3 is 0 Å². The molecule has 0 aliphatic carbocycles. The molecule has 0 radical (unpaired) electrons. The molecule has 6 heteroatoms. The second kappa shape index (κ2) is 18.2. The minimum atomic E-state index is -4.01. The fourth-order valence-electron chi connectivity index (χ4n) is 3.19. The smallest absolute Gasteiger partial charge is 0.266 e. The van der Waals surface area contributed by atoms with Gasteiger partial charge in [0.2, 0.25) is 5.91 Å². The zero-order valence-corrected chi connectivity index (χ0v) is 19.0. The molecule has 0 heterocycles. The van der Waals surface area contributed by atoms with E-state index in [9.17, 15) is 13.2 Å². The second-order valence-corrected chi connectivity index (χ2v) is 9.17. The van der Waals surface area contributed by atoms with Crippen LogP contribution >= 0.6 is 0 Å². The fourth-order valence-corrected chi connectivity index (χ4v) is 3.64. The number of rotatable bonds is 19. The number of allylic oxidation sites excluding steroid dienone is 2. The maximum atomic E-state index is 12.1. The summed E-state index contributed by atoms with van der Waals surface area (Å²) in [4.78, 5) is 13.6. The zero-order chi connectivity index (χ0) is 21.1. The van der Waals surface area contributed by atoms with Crippen LogP contribution in [0.15, 0.2) is 12.2 Å². The van der Waals surface area contributed by atoms with Gasteiger partial charge in [0.05, 0.1) is 5.75 Å². The van der Waals surface area contributed by atoms with Gasteiger partial charge in [-0.1, -0.05) is 70.4 Å². The molecule has 0 saturated carbocycles. The van der Waals surface area contributed by atoms with Crippen LogP contribution in [0.25, 0.3) is 0 Å². The van der Waals surface area contributed by atoms with E-state index >= 15 is 0 Å². The summed E-state index contributed by atoms with van der Waals surface area (Å²) in [7, 11) is -4.01. The highest BCUT2D eigenvalue weighted by molar-refractivity contribution is 7.85. The van der Waals surface area contributed by atoms with Gasteiger partial charge in [0, 0.05) is 19.5 Å². The SMILES string of the molecule is CCCCCCCC/C=C\CCCCCCCC(=O)N(CC)CCS(=O)(=O)O. The molecule has 5 nitrogen and oxygen atoms in total. The second-order valence-electron chi connectivity index (χ2n) is 7.59. The Morgan fingerprint density at radius 3 is 1.82 bits per heavy atom. The van der Waals surface area contributed by atoms with E-state index in [0.717, 1.165) is 25.7 Å². The molecule has 0 saturated heterocycles. The van der Waals surface area contributed by atoms with Crippen molar-refractivity contribution in [2.24, 2.45) is 0 Å². The Morgan fingerprint density at radius 2 is 1.32 bits per heavy atom. The molecule has 28 heavy (non-hydrogen) atoms. The minimum Gasteiger partial charge on any atom is -0.342 e. The first-order chi connectivity index (χ1) is 13.4. The Labute approximate surface area is 173 Å². The molecule has 0 fully saturated rings. The highest BCUT2D eigenvalue weighted by atomic mass is 32.2. The highest BCUT2D eigenvalue weighted by Gasteiger charge is 2.14. The van der Waals surface area contributed by atoms with Crippen molar-refractivity contribution in [1.29, 1.82) is 0 Å². The summed E-state index contributed by atoms with van der Waals surface area (Å²) in [6, 6.07) is 0. The van der Waals surface area contributed by atoms with Gasteiger partial charge in [0.15, 0.2) is 0 Å². The quantitative estimate of drug-likeness (QED) is 0.165. The topological polar surface area (TPSA) is 74.7 Å². The molecule has 0 unspecified atom stereocenters. The monoisotopic (exact) mass is 417 g/mol. The molecule has 1 amide bonds. The van der Waals surface area contributed by atoms with Gasteiger partial charge in [-0.15, -0.1) is 0 Å². The zero-order valence-electron chi connectivity index (χ0n) is 18.2. The number of hydrogen-bond donors (Lipinski definition) is 1. The molecule has 0 rings (SSSR count). The Kier molecular flexibility index (Phi) is 17.6. The Hall–Kier alpha value is -0.880. The van der Waals surface area contributed by atoms with Crippen LogP contribution in [0.2, 0.25) is 0 Å².